The zero-order chi connectivity index (χ0) is 15.1. The Bertz CT molecular complexity index is 169. The second kappa shape index (κ2) is 13.8. The molecule has 0 aliphatic carbocycles. The number of nitrogens with two attached hydrogens (primary N) is 1. The molecule has 0 unspecified atom stereocenters. The Balaban J connectivity index is 3.98. The van der Waals surface area contributed by atoms with Crippen molar-refractivity contribution in [3.63, 3.8) is 0 Å². The summed E-state index contributed by atoms with van der Waals surface area (Å²) in [6.07, 6.45) is 12.0. The molecular weight excluding hydrogens is 254 g/mol. The number of hydrogen-bond donors (Lipinski definition) is 4. The Kier molecular flexibility index (Phi) is 13.7. The molecule has 0 heterocycles. The number of aliphatic hydroxyl groups excluding tert-OH is 3. The van der Waals surface area contributed by atoms with Crippen LogP contribution in [0.15, 0.2) is 0 Å². The SMILES string of the molecule is NC(CCCCCO)(CCCCCO)CCCCCO. The normalized spacial score (nSPS) is 12.0. The summed E-state index contributed by atoms with van der Waals surface area (Å²) in [6, 6.07) is 0. The molecule has 0 aliphatic heterocycles. The van der Waals surface area contributed by atoms with E-state index in [1.807, 2.05) is 0 Å². The zero-order valence-corrected chi connectivity index (χ0v) is 13.0. The summed E-state index contributed by atoms with van der Waals surface area (Å²) in [6.45, 7) is 0.805. The van der Waals surface area contributed by atoms with Crippen LogP contribution in [0.3, 0.4) is 0 Å². The quantitative estimate of drug-likeness (QED) is 0.349. The van der Waals surface area contributed by atoms with Crippen LogP contribution in [0.5, 0.6) is 0 Å². The van der Waals surface area contributed by atoms with Gasteiger partial charge in [-0.05, 0) is 38.5 Å². The molecule has 0 spiro atoms. The highest BCUT2D eigenvalue weighted by Gasteiger charge is 2.23. The van der Waals surface area contributed by atoms with Crippen LogP contribution in [0, 0.1) is 0 Å². The van der Waals surface area contributed by atoms with Gasteiger partial charge >= 0.3 is 0 Å². The van der Waals surface area contributed by atoms with Crippen LogP contribution in [0.2, 0.25) is 0 Å². The van der Waals surface area contributed by atoms with E-state index < -0.39 is 0 Å². The fraction of sp³-hybridized carbons (Fsp3) is 1.00. The van der Waals surface area contributed by atoms with Gasteiger partial charge in [-0.15, -0.1) is 0 Å². The smallest absolute Gasteiger partial charge is 0.0431 e. The molecule has 4 nitrogen and oxygen atoms in total. The Morgan fingerprint density at radius 2 is 0.800 bits per heavy atom. The van der Waals surface area contributed by atoms with Gasteiger partial charge in [-0.2, -0.15) is 0 Å². The number of aliphatic hydroxyl groups is 3. The maximum atomic E-state index is 8.82. The van der Waals surface area contributed by atoms with E-state index in [0.717, 1.165) is 77.0 Å². The molecule has 0 aromatic rings. The molecule has 0 atom stereocenters. The number of rotatable bonds is 15. The van der Waals surface area contributed by atoms with Crippen LogP contribution in [-0.4, -0.2) is 40.7 Å². The maximum Gasteiger partial charge on any atom is 0.0431 e. The van der Waals surface area contributed by atoms with Crippen molar-refractivity contribution in [2.24, 2.45) is 5.73 Å². The first kappa shape index (κ1) is 19.8. The fourth-order valence-corrected chi connectivity index (χ4v) is 2.67. The highest BCUT2D eigenvalue weighted by atomic mass is 16.3. The van der Waals surface area contributed by atoms with Crippen molar-refractivity contribution in [2.75, 3.05) is 19.8 Å². The van der Waals surface area contributed by atoms with E-state index in [-0.39, 0.29) is 25.4 Å². The van der Waals surface area contributed by atoms with Gasteiger partial charge in [-0.3, -0.25) is 0 Å². The minimum atomic E-state index is -0.0969. The first-order valence-electron chi connectivity index (χ1n) is 8.30. The lowest BCUT2D eigenvalue weighted by Gasteiger charge is -2.30. The van der Waals surface area contributed by atoms with E-state index in [1.54, 1.807) is 0 Å². The van der Waals surface area contributed by atoms with E-state index in [0.29, 0.717) is 0 Å². The van der Waals surface area contributed by atoms with Crippen LogP contribution < -0.4 is 5.73 Å². The van der Waals surface area contributed by atoms with Crippen LogP contribution in [0.4, 0.5) is 0 Å². The summed E-state index contributed by atoms with van der Waals surface area (Å²) in [5.74, 6) is 0. The van der Waals surface area contributed by atoms with Gasteiger partial charge in [0.2, 0.25) is 0 Å². The molecule has 0 fully saturated rings. The van der Waals surface area contributed by atoms with Gasteiger partial charge in [0.05, 0.1) is 0 Å². The van der Waals surface area contributed by atoms with Crippen LogP contribution in [-0.2, 0) is 0 Å². The third kappa shape index (κ3) is 11.6. The third-order valence-corrected chi connectivity index (χ3v) is 4.00. The molecule has 0 aromatic heterocycles. The first-order chi connectivity index (χ1) is 9.68. The lowest BCUT2D eigenvalue weighted by atomic mass is 9.83. The molecular formula is C16H35NO3. The second-order valence-corrected chi connectivity index (χ2v) is 5.97. The topological polar surface area (TPSA) is 86.7 Å². The highest BCUT2D eigenvalue weighted by molar-refractivity contribution is 4.84. The van der Waals surface area contributed by atoms with Crippen LogP contribution >= 0.6 is 0 Å². The monoisotopic (exact) mass is 289 g/mol. The van der Waals surface area contributed by atoms with E-state index in [9.17, 15) is 0 Å². The van der Waals surface area contributed by atoms with Crippen LogP contribution in [0.1, 0.15) is 77.0 Å². The summed E-state index contributed by atoms with van der Waals surface area (Å²) < 4.78 is 0. The summed E-state index contributed by atoms with van der Waals surface area (Å²) in [5, 5.41) is 26.5. The standard InChI is InChI=1S/C16H35NO3/c17-16(10-4-1-7-13-18,11-5-2-8-14-19)12-6-3-9-15-20/h18-20H,1-15,17H2. The van der Waals surface area contributed by atoms with E-state index >= 15 is 0 Å². The Morgan fingerprint density at radius 3 is 1.05 bits per heavy atom. The number of hydrogen-bond acceptors (Lipinski definition) is 4. The maximum absolute atomic E-state index is 8.82. The molecule has 0 aromatic carbocycles. The molecule has 4 heteroatoms. The second-order valence-electron chi connectivity index (χ2n) is 5.97. The van der Waals surface area contributed by atoms with Gasteiger partial charge in [-0.1, -0.05) is 38.5 Å². The Hall–Kier alpha value is -0.160. The van der Waals surface area contributed by atoms with Crippen molar-refractivity contribution in [1.82, 2.24) is 0 Å². The molecule has 0 amide bonds. The third-order valence-electron chi connectivity index (χ3n) is 4.00. The van der Waals surface area contributed by atoms with E-state index in [2.05, 4.69) is 0 Å². The van der Waals surface area contributed by atoms with Gasteiger partial charge in [-0.25, -0.2) is 0 Å². The van der Waals surface area contributed by atoms with Crippen molar-refractivity contribution < 1.29 is 15.3 Å². The van der Waals surface area contributed by atoms with Crippen LogP contribution in [0.25, 0.3) is 0 Å². The Morgan fingerprint density at radius 1 is 0.500 bits per heavy atom. The van der Waals surface area contributed by atoms with Gasteiger partial charge in [0.1, 0.15) is 0 Å². The first-order valence-corrected chi connectivity index (χ1v) is 8.30. The molecule has 0 rings (SSSR count). The molecule has 0 radical (unpaired) electrons. The largest absolute Gasteiger partial charge is 0.396 e. The van der Waals surface area contributed by atoms with Crippen molar-refractivity contribution in [3.8, 4) is 0 Å². The van der Waals surface area contributed by atoms with Crippen molar-refractivity contribution in [1.29, 1.82) is 0 Å². The van der Waals surface area contributed by atoms with E-state index in [4.69, 9.17) is 21.1 Å². The van der Waals surface area contributed by atoms with Crippen molar-refractivity contribution in [3.05, 3.63) is 0 Å². The zero-order valence-electron chi connectivity index (χ0n) is 13.0. The fourth-order valence-electron chi connectivity index (χ4n) is 2.67. The average Bonchev–Trinajstić information content (AvgIpc) is 2.45. The summed E-state index contributed by atoms with van der Waals surface area (Å²) in [5.41, 5.74) is 6.46. The molecule has 122 valence electrons. The van der Waals surface area contributed by atoms with Gasteiger partial charge in [0.25, 0.3) is 0 Å². The average molecular weight is 289 g/mol. The van der Waals surface area contributed by atoms with E-state index in [1.165, 1.54) is 0 Å². The van der Waals surface area contributed by atoms with Crippen molar-refractivity contribution >= 4 is 0 Å². The molecule has 0 aliphatic rings. The lowest BCUT2D eigenvalue weighted by molar-refractivity contribution is 0.256. The molecule has 0 saturated carbocycles. The number of unbranched alkanes of at least 4 members (excludes halogenated alkanes) is 6. The van der Waals surface area contributed by atoms with Gasteiger partial charge < -0.3 is 21.1 Å². The van der Waals surface area contributed by atoms with Gasteiger partial charge in [0, 0.05) is 25.4 Å². The van der Waals surface area contributed by atoms with Crippen molar-refractivity contribution in [2.45, 2.75) is 82.6 Å². The predicted octanol–water partition coefficient (Wildman–Crippen LogP) is 2.34. The summed E-state index contributed by atoms with van der Waals surface area (Å²) >= 11 is 0. The molecule has 0 bridgehead atoms. The lowest BCUT2D eigenvalue weighted by Crippen LogP contribution is -2.39. The van der Waals surface area contributed by atoms with Gasteiger partial charge in [0.15, 0.2) is 0 Å². The Labute approximate surface area is 124 Å². The summed E-state index contributed by atoms with van der Waals surface area (Å²) in [4.78, 5) is 0. The molecule has 5 N–H and O–H groups in total. The minimum absolute atomic E-state index is 0.0969. The minimum Gasteiger partial charge on any atom is -0.396 e. The highest BCUT2D eigenvalue weighted by Crippen LogP contribution is 2.25. The molecule has 20 heavy (non-hydrogen) atoms. The summed E-state index contributed by atoms with van der Waals surface area (Å²) in [7, 11) is 0. The predicted molar refractivity (Wildman–Crippen MR) is 83.6 cm³/mol. The molecule has 0 saturated heterocycles.